The number of nitrogens with one attached hydrogen (secondary N) is 1. The van der Waals surface area contributed by atoms with Crippen LogP contribution in [-0.4, -0.2) is 40.6 Å². The summed E-state index contributed by atoms with van der Waals surface area (Å²) in [6.45, 7) is 2.99. The molecule has 2 amide bonds. The summed E-state index contributed by atoms with van der Waals surface area (Å²) in [4.78, 5) is 24.5. The molecule has 2 N–H and O–H groups in total. The fraction of sp³-hybridized carbons (Fsp3) is 0.833. The molecule has 0 radical (unpaired) electrons. The maximum absolute atomic E-state index is 12.0. The molecule has 5 heteroatoms. The summed E-state index contributed by atoms with van der Waals surface area (Å²) in [6, 6.07) is -0.0877. The largest absolute Gasteiger partial charge is 0.481 e. The van der Waals surface area contributed by atoms with E-state index >= 15 is 0 Å². The molecule has 5 nitrogen and oxygen atoms in total. The fourth-order valence-corrected chi connectivity index (χ4v) is 2.62. The summed E-state index contributed by atoms with van der Waals surface area (Å²) < 4.78 is 0. The third kappa shape index (κ3) is 2.37. The predicted octanol–water partition coefficient (Wildman–Crippen LogP) is 1.44. The van der Waals surface area contributed by atoms with Crippen LogP contribution in [0.5, 0.6) is 0 Å². The molecule has 1 heterocycles. The zero-order valence-corrected chi connectivity index (χ0v) is 10.2. The van der Waals surface area contributed by atoms with Crippen LogP contribution in [0.25, 0.3) is 0 Å². The van der Waals surface area contributed by atoms with Crippen molar-refractivity contribution in [1.82, 2.24) is 10.2 Å². The third-order valence-corrected chi connectivity index (χ3v) is 4.18. The predicted molar refractivity (Wildman–Crippen MR) is 62.7 cm³/mol. The molecule has 0 bridgehead atoms. The van der Waals surface area contributed by atoms with Crippen molar-refractivity contribution in [1.29, 1.82) is 0 Å². The number of urea groups is 1. The van der Waals surface area contributed by atoms with E-state index in [-0.39, 0.29) is 17.5 Å². The number of likely N-dealkylation sites (tertiary alicyclic amines) is 1. The van der Waals surface area contributed by atoms with Gasteiger partial charge in [-0.1, -0.05) is 6.92 Å². The first-order valence-corrected chi connectivity index (χ1v) is 6.36. The van der Waals surface area contributed by atoms with Gasteiger partial charge in [-0.05, 0) is 32.1 Å². The van der Waals surface area contributed by atoms with Crippen molar-refractivity contribution >= 4 is 12.0 Å². The third-order valence-electron chi connectivity index (χ3n) is 4.18. The summed E-state index contributed by atoms with van der Waals surface area (Å²) in [5.74, 6) is -1.19. The summed E-state index contributed by atoms with van der Waals surface area (Å²) in [6.07, 6.45) is 4.79. The molecule has 1 unspecified atom stereocenters. The molecular weight excluding hydrogens is 220 g/mol. The first-order valence-electron chi connectivity index (χ1n) is 6.36. The second kappa shape index (κ2) is 4.55. The number of carbonyl (C=O) groups is 2. The van der Waals surface area contributed by atoms with Crippen molar-refractivity contribution in [2.75, 3.05) is 13.1 Å². The number of hydrogen-bond donors (Lipinski definition) is 2. The number of amides is 2. The molecule has 1 aliphatic heterocycles. The summed E-state index contributed by atoms with van der Waals surface area (Å²) in [5.41, 5.74) is -0.0155. The molecule has 1 saturated heterocycles. The molecule has 1 atom stereocenters. The minimum Gasteiger partial charge on any atom is -0.481 e. The van der Waals surface area contributed by atoms with E-state index in [0.29, 0.717) is 19.5 Å². The summed E-state index contributed by atoms with van der Waals surface area (Å²) in [5, 5.41) is 12.0. The van der Waals surface area contributed by atoms with E-state index in [0.717, 1.165) is 19.3 Å². The Morgan fingerprint density at radius 1 is 1.47 bits per heavy atom. The van der Waals surface area contributed by atoms with Gasteiger partial charge in [0.05, 0.1) is 5.92 Å². The highest BCUT2D eigenvalue weighted by Gasteiger charge is 2.39. The number of carboxylic acid groups (broad SMARTS) is 1. The summed E-state index contributed by atoms with van der Waals surface area (Å²) in [7, 11) is 0. The number of carbonyl (C=O) groups excluding carboxylic acids is 1. The van der Waals surface area contributed by atoms with Crippen molar-refractivity contribution in [2.45, 2.75) is 44.6 Å². The quantitative estimate of drug-likeness (QED) is 0.784. The van der Waals surface area contributed by atoms with E-state index < -0.39 is 5.97 Å². The molecule has 0 aromatic carbocycles. The Labute approximate surface area is 101 Å². The minimum atomic E-state index is -0.797. The topological polar surface area (TPSA) is 69.6 Å². The molecule has 2 rings (SSSR count). The Hall–Kier alpha value is -1.26. The smallest absolute Gasteiger partial charge is 0.317 e. The Morgan fingerprint density at radius 3 is 2.59 bits per heavy atom. The lowest BCUT2D eigenvalue weighted by atomic mass is 9.75. The van der Waals surface area contributed by atoms with Gasteiger partial charge in [0.15, 0.2) is 0 Å². The van der Waals surface area contributed by atoms with Crippen LogP contribution in [0.4, 0.5) is 4.79 Å². The minimum absolute atomic E-state index is 0.0155. The van der Waals surface area contributed by atoms with Crippen LogP contribution in [0.2, 0.25) is 0 Å². The average Bonchev–Trinajstić information content (AvgIpc) is 2.72. The number of carboxylic acids is 1. The maximum Gasteiger partial charge on any atom is 0.317 e. The van der Waals surface area contributed by atoms with Crippen LogP contribution in [0.3, 0.4) is 0 Å². The van der Waals surface area contributed by atoms with E-state index in [2.05, 4.69) is 12.2 Å². The van der Waals surface area contributed by atoms with E-state index in [1.54, 1.807) is 4.90 Å². The number of rotatable bonds is 3. The fourth-order valence-electron chi connectivity index (χ4n) is 2.62. The highest BCUT2D eigenvalue weighted by molar-refractivity contribution is 5.78. The molecule has 96 valence electrons. The number of hydrogen-bond acceptors (Lipinski definition) is 2. The van der Waals surface area contributed by atoms with Crippen molar-refractivity contribution in [2.24, 2.45) is 5.92 Å². The Balaban J connectivity index is 1.87. The van der Waals surface area contributed by atoms with Gasteiger partial charge < -0.3 is 15.3 Å². The second-order valence-corrected chi connectivity index (χ2v) is 5.19. The molecule has 2 fully saturated rings. The van der Waals surface area contributed by atoms with E-state index in [4.69, 9.17) is 5.11 Å². The Kier molecular flexibility index (Phi) is 3.26. The van der Waals surface area contributed by atoms with Crippen LogP contribution in [-0.2, 0) is 4.79 Å². The molecule has 0 aromatic heterocycles. The van der Waals surface area contributed by atoms with E-state index in [1.165, 1.54) is 6.42 Å². The van der Waals surface area contributed by atoms with E-state index in [9.17, 15) is 9.59 Å². The van der Waals surface area contributed by atoms with Gasteiger partial charge in [-0.3, -0.25) is 4.79 Å². The van der Waals surface area contributed by atoms with Crippen molar-refractivity contribution in [3.63, 3.8) is 0 Å². The first kappa shape index (κ1) is 12.2. The Bertz CT molecular complexity index is 320. The number of nitrogens with zero attached hydrogens (tertiary/aromatic N) is 1. The van der Waals surface area contributed by atoms with Gasteiger partial charge >= 0.3 is 12.0 Å². The van der Waals surface area contributed by atoms with Crippen LogP contribution in [0.15, 0.2) is 0 Å². The van der Waals surface area contributed by atoms with Crippen LogP contribution in [0, 0.1) is 5.92 Å². The van der Waals surface area contributed by atoms with Crippen molar-refractivity contribution < 1.29 is 14.7 Å². The zero-order chi connectivity index (χ0) is 12.5. The van der Waals surface area contributed by atoms with Crippen LogP contribution in [0.1, 0.15) is 39.0 Å². The lowest BCUT2D eigenvalue weighted by Gasteiger charge is -2.42. The maximum atomic E-state index is 12.0. The average molecular weight is 240 g/mol. The Morgan fingerprint density at radius 2 is 2.18 bits per heavy atom. The SMILES string of the molecule is CCC1(NC(=O)N2CCC(C(=O)O)C2)CCC1. The van der Waals surface area contributed by atoms with Gasteiger partial charge in [-0.25, -0.2) is 4.79 Å². The molecule has 1 aliphatic carbocycles. The molecule has 0 aromatic rings. The number of aliphatic carboxylic acids is 1. The highest BCUT2D eigenvalue weighted by atomic mass is 16.4. The second-order valence-electron chi connectivity index (χ2n) is 5.19. The highest BCUT2D eigenvalue weighted by Crippen LogP contribution is 2.35. The van der Waals surface area contributed by atoms with Crippen LogP contribution < -0.4 is 5.32 Å². The zero-order valence-electron chi connectivity index (χ0n) is 10.2. The molecule has 17 heavy (non-hydrogen) atoms. The van der Waals surface area contributed by atoms with Gasteiger partial charge in [-0.2, -0.15) is 0 Å². The van der Waals surface area contributed by atoms with Gasteiger partial charge in [-0.15, -0.1) is 0 Å². The van der Waals surface area contributed by atoms with Crippen LogP contribution >= 0.6 is 0 Å². The molecular formula is C12H20N2O3. The monoisotopic (exact) mass is 240 g/mol. The lowest BCUT2D eigenvalue weighted by molar-refractivity contribution is -0.141. The normalized spacial score (nSPS) is 26.4. The van der Waals surface area contributed by atoms with Gasteiger partial charge in [0.1, 0.15) is 0 Å². The van der Waals surface area contributed by atoms with E-state index in [1.807, 2.05) is 0 Å². The van der Waals surface area contributed by atoms with Crippen molar-refractivity contribution in [3.05, 3.63) is 0 Å². The molecule has 2 aliphatic rings. The van der Waals surface area contributed by atoms with Crippen molar-refractivity contribution in [3.8, 4) is 0 Å². The van der Waals surface area contributed by atoms with Gasteiger partial charge in [0.25, 0.3) is 0 Å². The molecule has 1 saturated carbocycles. The lowest BCUT2D eigenvalue weighted by Crippen LogP contribution is -2.56. The first-order chi connectivity index (χ1) is 8.06. The summed E-state index contributed by atoms with van der Waals surface area (Å²) >= 11 is 0. The molecule has 0 spiro atoms. The standard InChI is InChI=1S/C12H20N2O3/c1-2-12(5-3-6-12)13-11(17)14-7-4-9(8-14)10(15)16/h9H,2-8H2,1H3,(H,13,17)(H,15,16). The van der Waals surface area contributed by atoms with Gasteiger partial charge in [0.2, 0.25) is 0 Å². The van der Waals surface area contributed by atoms with Gasteiger partial charge in [0, 0.05) is 18.6 Å².